The Morgan fingerprint density at radius 3 is 2.33 bits per heavy atom. The molecule has 7 nitrogen and oxygen atoms in total. The second-order valence-corrected chi connectivity index (χ2v) is 7.21. The van der Waals surface area contributed by atoms with Crippen LogP contribution in [0.15, 0.2) is 42.6 Å². The highest BCUT2D eigenvalue weighted by Gasteiger charge is 2.27. The maximum atomic E-state index is 13.3. The van der Waals surface area contributed by atoms with Crippen LogP contribution in [0.4, 0.5) is 29.8 Å². The minimum absolute atomic E-state index is 0.0420. The van der Waals surface area contributed by atoms with E-state index in [1.807, 2.05) is 0 Å². The van der Waals surface area contributed by atoms with Crippen LogP contribution in [0.3, 0.4) is 0 Å². The van der Waals surface area contributed by atoms with Crippen molar-refractivity contribution in [3.63, 3.8) is 0 Å². The third-order valence-electron chi connectivity index (χ3n) is 4.23. The molecule has 0 saturated heterocycles. The van der Waals surface area contributed by atoms with Gasteiger partial charge in [0.1, 0.15) is 28.2 Å². The van der Waals surface area contributed by atoms with Crippen LogP contribution in [0.1, 0.15) is 34.3 Å². The number of halogens is 3. The number of benzene rings is 1. The lowest BCUT2D eigenvalue weighted by Crippen LogP contribution is -2.39. The van der Waals surface area contributed by atoms with Gasteiger partial charge in [-0.25, -0.2) is 18.2 Å². The van der Waals surface area contributed by atoms with E-state index in [1.54, 1.807) is 0 Å². The summed E-state index contributed by atoms with van der Waals surface area (Å²) >= 11 is 0.889. The van der Waals surface area contributed by atoms with Gasteiger partial charge in [0, 0.05) is 17.4 Å². The van der Waals surface area contributed by atoms with E-state index in [1.165, 1.54) is 42.2 Å². The highest BCUT2D eigenvalue weighted by molar-refractivity contribution is 7.18. The fourth-order valence-electron chi connectivity index (χ4n) is 2.61. The highest BCUT2D eigenvalue weighted by Crippen LogP contribution is 2.36. The molecule has 0 spiro atoms. The molecule has 0 fully saturated rings. The predicted molar refractivity (Wildman–Crippen MR) is 106 cm³/mol. The van der Waals surface area contributed by atoms with E-state index in [0.29, 0.717) is 5.69 Å². The van der Waals surface area contributed by atoms with Gasteiger partial charge in [0.15, 0.2) is 5.13 Å². The van der Waals surface area contributed by atoms with Crippen molar-refractivity contribution in [2.24, 2.45) is 5.73 Å². The number of amides is 1. The van der Waals surface area contributed by atoms with Crippen molar-refractivity contribution < 1.29 is 22.8 Å². The summed E-state index contributed by atoms with van der Waals surface area (Å²) in [5.41, 5.74) is 11.4. The quantitative estimate of drug-likeness (QED) is 0.550. The number of nitrogens with two attached hydrogens (primary N) is 2. The van der Waals surface area contributed by atoms with Gasteiger partial charge in [-0.2, -0.15) is 0 Å². The van der Waals surface area contributed by atoms with Crippen molar-refractivity contribution >= 4 is 39.7 Å². The summed E-state index contributed by atoms with van der Waals surface area (Å²) in [4.78, 5) is 33.8. The maximum absolute atomic E-state index is 13.3. The predicted octanol–water partition coefficient (Wildman–Crippen LogP) is 3.44. The molecule has 2 heterocycles. The van der Waals surface area contributed by atoms with Crippen LogP contribution in [-0.2, 0) is 4.79 Å². The molecule has 2 aromatic heterocycles. The number of primary amides is 1. The van der Waals surface area contributed by atoms with E-state index in [0.717, 1.165) is 23.6 Å². The number of nitrogens with zero attached hydrogens (tertiary/aromatic N) is 3. The smallest absolute Gasteiger partial charge is 0.280 e. The number of hydrogen-bond acceptors (Lipinski definition) is 7. The lowest BCUT2D eigenvalue weighted by molar-refractivity contribution is -0.118. The van der Waals surface area contributed by atoms with Crippen molar-refractivity contribution in [1.82, 2.24) is 9.97 Å². The number of aromatic nitrogens is 2. The van der Waals surface area contributed by atoms with Crippen LogP contribution in [0.2, 0.25) is 0 Å². The Morgan fingerprint density at radius 1 is 1.13 bits per heavy atom. The van der Waals surface area contributed by atoms with Gasteiger partial charge in [-0.15, -0.1) is 0 Å². The SMILES string of the molecule is C[C@H](C(N)=O)N(c1ccc(F)cc1)c1nc(N)c(C(=O)c2ccc(C(F)F)nc2)s1. The van der Waals surface area contributed by atoms with Gasteiger partial charge in [0.25, 0.3) is 6.43 Å². The fraction of sp³-hybridized carbons (Fsp3) is 0.158. The Hall–Kier alpha value is -3.47. The van der Waals surface area contributed by atoms with Crippen molar-refractivity contribution in [1.29, 1.82) is 0 Å². The number of carbonyl (C=O) groups is 2. The molecule has 0 aliphatic heterocycles. The van der Waals surface area contributed by atoms with E-state index in [9.17, 15) is 22.8 Å². The lowest BCUT2D eigenvalue weighted by Gasteiger charge is -2.26. The number of hydrogen-bond donors (Lipinski definition) is 2. The first-order valence-electron chi connectivity index (χ1n) is 8.58. The average molecular weight is 435 g/mol. The van der Waals surface area contributed by atoms with Crippen LogP contribution >= 0.6 is 11.3 Å². The second kappa shape index (κ2) is 8.49. The average Bonchev–Trinajstić information content (AvgIpc) is 3.10. The summed E-state index contributed by atoms with van der Waals surface area (Å²) < 4.78 is 38.6. The zero-order valence-corrected chi connectivity index (χ0v) is 16.4. The number of carbonyl (C=O) groups excluding carboxylic acids is 2. The van der Waals surface area contributed by atoms with E-state index in [4.69, 9.17) is 11.5 Å². The molecule has 0 saturated carbocycles. The number of alkyl halides is 2. The number of nitrogen functional groups attached to an aromatic ring is 1. The highest BCUT2D eigenvalue weighted by atomic mass is 32.1. The molecule has 1 atom stereocenters. The molecule has 0 bridgehead atoms. The molecule has 11 heteroatoms. The van der Waals surface area contributed by atoms with Crippen molar-refractivity contribution in [2.45, 2.75) is 19.4 Å². The third kappa shape index (κ3) is 4.25. The summed E-state index contributed by atoms with van der Waals surface area (Å²) in [6.45, 7) is 1.53. The van der Waals surface area contributed by atoms with Crippen LogP contribution in [0, 0.1) is 5.82 Å². The number of thiazole rings is 1. The Labute approximate surface area is 173 Å². The summed E-state index contributed by atoms with van der Waals surface area (Å²) in [5, 5.41) is 0.186. The molecule has 156 valence electrons. The largest absolute Gasteiger partial charge is 0.382 e. The molecule has 1 amide bonds. The van der Waals surface area contributed by atoms with E-state index < -0.39 is 35.7 Å². The van der Waals surface area contributed by atoms with Gasteiger partial charge in [-0.3, -0.25) is 14.6 Å². The minimum atomic E-state index is -2.76. The van der Waals surface area contributed by atoms with Crippen LogP contribution in [0.5, 0.6) is 0 Å². The van der Waals surface area contributed by atoms with E-state index >= 15 is 0 Å². The van der Waals surface area contributed by atoms with E-state index in [-0.39, 0.29) is 21.4 Å². The van der Waals surface area contributed by atoms with Crippen LogP contribution in [-0.4, -0.2) is 27.7 Å². The lowest BCUT2D eigenvalue weighted by atomic mass is 10.1. The number of ketones is 1. The first-order valence-corrected chi connectivity index (χ1v) is 9.40. The maximum Gasteiger partial charge on any atom is 0.280 e. The number of pyridine rings is 1. The molecule has 1 aromatic carbocycles. The van der Waals surface area contributed by atoms with Gasteiger partial charge in [-0.05, 0) is 43.3 Å². The van der Waals surface area contributed by atoms with Gasteiger partial charge in [-0.1, -0.05) is 11.3 Å². The second-order valence-electron chi connectivity index (χ2n) is 6.24. The zero-order chi connectivity index (χ0) is 22.0. The normalized spacial score (nSPS) is 12.0. The van der Waals surface area contributed by atoms with Crippen LogP contribution in [0.25, 0.3) is 0 Å². The molecule has 0 aliphatic rings. The standard InChI is InChI=1S/C19H16F3N5O2S/c1-9(18(24)29)27(12-5-3-11(20)4-6-12)19-26-17(23)15(30-19)14(28)10-2-7-13(16(21)22)25-8-10/h2-9,16H,23H2,1H3,(H2,24,29)/t9-/m1/s1. The molecule has 0 radical (unpaired) electrons. The minimum Gasteiger partial charge on any atom is -0.382 e. The molecule has 3 aromatic rings. The van der Waals surface area contributed by atoms with Crippen molar-refractivity contribution in [2.75, 3.05) is 10.6 Å². The topological polar surface area (TPSA) is 115 Å². The Bertz CT molecular complexity index is 1070. The summed E-state index contributed by atoms with van der Waals surface area (Å²) in [6, 6.07) is 6.66. The zero-order valence-electron chi connectivity index (χ0n) is 15.6. The molecule has 0 unspecified atom stereocenters. The molecule has 4 N–H and O–H groups in total. The molecular weight excluding hydrogens is 419 g/mol. The van der Waals surface area contributed by atoms with Gasteiger partial charge < -0.3 is 16.4 Å². The Balaban J connectivity index is 1.99. The monoisotopic (exact) mass is 435 g/mol. The molecular formula is C19H16F3N5O2S. The van der Waals surface area contributed by atoms with Crippen LogP contribution < -0.4 is 16.4 Å². The van der Waals surface area contributed by atoms with Gasteiger partial charge >= 0.3 is 0 Å². The van der Waals surface area contributed by atoms with Crippen molar-refractivity contribution in [3.05, 3.63) is 64.5 Å². The first-order chi connectivity index (χ1) is 14.2. The van der Waals surface area contributed by atoms with Crippen molar-refractivity contribution in [3.8, 4) is 0 Å². The number of rotatable bonds is 7. The summed E-state index contributed by atoms with van der Waals surface area (Å²) in [7, 11) is 0. The first kappa shape index (κ1) is 21.2. The Morgan fingerprint density at radius 2 is 1.80 bits per heavy atom. The van der Waals surface area contributed by atoms with E-state index in [2.05, 4.69) is 9.97 Å². The third-order valence-corrected chi connectivity index (χ3v) is 5.30. The number of anilines is 3. The molecule has 3 rings (SSSR count). The summed E-state index contributed by atoms with van der Waals surface area (Å²) in [5.74, 6) is -1.82. The molecule has 30 heavy (non-hydrogen) atoms. The summed E-state index contributed by atoms with van der Waals surface area (Å²) in [6.07, 6.45) is -1.72. The van der Waals surface area contributed by atoms with Gasteiger partial charge in [0.2, 0.25) is 11.7 Å². The molecule has 0 aliphatic carbocycles. The Kier molecular flexibility index (Phi) is 6.01. The van der Waals surface area contributed by atoms with Gasteiger partial charge in [0.05, 0.1) is 0 Å². The fourth-order valence-corrected chi connectivity index (χ4v) is 3.66.